The van der Waals surface area contributed by atoms with Gasteiger partial charge in [-0.05, 0) is 17.9 Å². The van der Waals surface area contributed by atoms with Crippen molar-refractivity contribution >= 4 is 22.8 Å². The summed E-state index contributed by atoms with van der Waals surface area (Å²) < 4.78 is 4.34. The minimum Gasteiger partial charge on any atom is -0.359 e. The summed E-state index contributed by atoms with van der Waals surface area (Å²) in [7, 11) is 0. The number of fused-ring (bicyclic) bond motifs is 1. The van der Waals surface area contributed by atoms with Crippen molar-refractivity contribution in [1.82, 2.24) is 10.1 Å². The van der Waals surface area contributed by atoms with E-state index in [1.54, 1.807) is 13.0 Å². The van der Waals surface area contributed by atoms with Crippen LogP contribution in [0.3, 0.4) is 0 Å². The predicted octanol–water partition coefficient (Wildman–Crippen LogP) is 0.818. The van der Waals surface area contributed by atoms with Gasteiger partial charge in [0.05, 0.1) is 5.16 Å². The summed E-state index contributed by atoms with van der Waals surface area (Å²) in [6.07, 6.45) is 0. The summed E-state index contributed by atoms with van der Waals surface area (Å²) in [4.78, 5) is 4.11. The number of nitrogens with zero attached hydrogens (tertiary/aromatic N) is 3. The Balaban J connectivity index is 2.93. The van der Waals surface area contributed by atoms with Crippen LogP contribution in [0.4, 0.5) is 0 Å². The molecule has 0 fully saturated rings. The quantitative estimate of drug-likeness (QED) is 0.450. The standard InChI is InChI=1S/C6H4ClN3O2/c1-3-2-4(7)8-6-5(3)10(11)12-9-6/h2H,1H3. The lowest BCUT2D eigenvalue weighted by molar-refractivity contribution is -0.782. The summed E-state index contributed by atoms with van der Waals surface area (Å²) in [5, 5.41) is 14.6. The van der Waals surface area contributed by atoms with Crippen LogP contribution in [0.15, 0.2) is 10.7 Å². The van der Waals surface area contributed by atoms with Crippen molar-refractivity contribution in [2.24, 2.45) is 0 Å². The molecule has 0 amide bonds. The Morgan fingerprint density at radius 1 is 1.67 bits per heavy atom. The molecule has 0 atom stereocenters. The highest BCUT2D eigenvalue weighted by Gasteiger charge is 2.14. The lowest BCUT2D eigenvalue weighted by Crippen LogP contribution is -2.23. The van der Waals surface area contributed by atoms with Crippen molar-refractivity contribution in [2.45, 2.75) is 6.92 Å². The van der Waals surface area contributed by atoms with E-state index in [4.69, 9.17) is 11.6 Å². The van der Waals surface area contributed by atoms with Gasteiger partial charge in [0.25, 0.3) is 0 Å². The second-order valence-corrected chi connectivity index (χ2v) is 2.75. The second kappa shape index (κ2) is 2.31. The second-order valence-electron chi connectivity index (χ2n) is 2.36. The van der Waals surface area contributed by atoms with Gasteiger partial charge >= 0.3 is 5.65 Å². The highest BCUT2D eigenvalue weighted by atomic mass is 35.5. The van der Waals surface area contributed by atoms with Gasteiger partial charge in [-0.3, -0.25) is 4.63 Å². The van der Waals surface area contributed by atoms with Crippen LogP contribution in [0.5, 0.6) is 0 Å². The number of rotatable bonds is 0. The summed E-state index contributed by atoms with van der Waals surface area (Å²) in [5.41, 5.74) is 1.25. The molecule has 0 saturated carbocycles. The molecule has 0 aliphatic rings. The monoisotopic (exact) mass is 185 g/mol. The largest absolute Gasteiger partial charge is 0.359 e. The third kappa shape index (κ3) is 0.902. The maximum atomic E-state index is 10.9. The van der Waals surface area contributed by atoms with E-state index in [1.165, 1.54) is 0 Å². The van der Waals surface area contributed by atoms with Crippen LogP contribution >= 0.6 is 11.6 Å². The summed E-state index contributed by atoms with van der Waals surface area (Å²) >= 11 is 5.63. The Labute approximate surface area is 72.1 Å². The Kier molecular flexibility index (Phi) is 1.41. The first-order valence-electron chi connectivity index (χ1n) is 3.21. The molecule has 2 aromatic rings. The molecule has 2 rings (SSSR count). The number of pyridine rings is 1. The SMILES string of the molecule is Cc1cc(Cl)nc2no[n+]([O-])c12. The number of hydrogen-bond donors (Lipinski definition) is 0. The average molecular weight is 186 g/mol. The molecule has 0 saturated heterocycles. The van der Waals surface area contributed by atoms with Crippen molar-refractivity contribution in [3.05, 3.63) is 22.0 Å². The van der Waals surface area contributed by atoms with E-state index in [-0.39, 0.29) is 5.65 Å². The van der Waals surface area contributed by atoms with Gasteiger partial charge in [0.1, 0.15) is 5.15 Å². The number of hydrogen-bond acceptors (Lipinski definition) is 4. The van der Waals surface area contributed by atoms with E-state index in [0.29, 0.717) is 21.1 Å². The van der Waals surface area contributed by atoms with Gasteiger partial charge in [-0.1, -0.05) is 11.6 Å². The van der Waals surface area contributed by atoms with E-state index in [9.17, 15) is 5.21 Å². The molecule has 0 aliphatic heterocycles. The molecule has 0 aliphatic carbocycles. The summed E-state index contributed by atoms with van der Waals surface area (Å²) in [6, 6.07) is 1.58. The van der Waals surface area contributed by atoms with Gasteiger partial charge in [0.2, 0.25) is 5.52 Å². The van der Waals surface area contributed by atoms with Gasteiger partial charge in [0.15, 0.2) is 0 Å². The van der Waals surface area contributed by atoms with Crippen molar-refractivity contribution in [3.63, 3.8) is 0 Å². The van der Waals surface area contributed by atoms with Gasteiger partial charge in [0, 0.05) is 5.56 Å². The lowest BCUT2D eigenvalue weighted by atomic mass is 10.3. The van der Waals surface area contributed by atoms with E-state index in [1.807, 2.05) is 0 Å². The zero-order valence-corrected chi connectivity index (χ0v) is 6.87. The average Bonchev–Trinajstić information content (AvgIpc) is 2.31. The van der Waals surface area contributed by atoms with Crippen molar-refractivity contribution in [3.8, 4) is 0 Å². The van der Waals surface area contributed by atoms with Crippen LogP contribution in [0.2, 0.25) is 5.15 Å². The molecule has 12 heavy (non-hydrogen) atoms. The van der Waals surface area contributed by atoms with Crippen molar-refractivity contribution in [1.29, 1.82) is 0 Å². The number of aromatic nitrogens is 3. The lowest BCUT2D eigenvalue weighted by Gasteiger charge is -1.91. The zero-order chi connectivity index (χ0) is 8.72. The molecule has 0 spiro atoms. The maximum absolute atomic E-state index is 10.9. The molecule has 0 aromatic carbocycles. The smallest absolute Gasteiger partial charge is 0.342 e. The van der Waals surface area contributed by atoms with Crippen molar-refractivity contribution in [2.75, 3.05) is 0 Å². The van der Waals surface area contributed by atoms with Gasteiger partial charge in [-0.15, -0.1) is 0 Å². The fourth-order valence-electron chi connectivity index (χ4n) is 1.02. The fourth-order valence-corrected chi connectivity index (χ4v) is 1.26. The minimum atomic E-state index is 0.231. The van der Waals surface area contributed by atoms with Crippen molar-refractivity contribution < 1.29 is 9.53 Å². The summed E-state index contributed by atoms with van der Waals surface area (Å²) in [5.74, 6) is 0. The fraction of sp³-hybridized carbons (Fsp3) is 0.167. The molecular formula is C6H4ClN3O2. The summed E-state index contributed by atoms with van der Waals surface area (Å²) in [6.45, 7) is 1.74. The zero-order valence-electron chi connectivity index (χ0n) is 6.11. The topological polar surface area (TPSA) is 65.9 Å². The van der Waals surface area contributed by atoms with Crippen LogP contribution < -0.4 is 4.90 Å². The molecular weight excluding hydrogens is 182 g/mol. The van der Waals surface area contributed by atoms with Crippen LogP contribution in [0.25, 0.3) is 11.2 Å². The van der Waals surface area contributed by atoms with E-state index in [2.05, 4.69) is 14.8 Å². The van der Waals surface area contributed by atoms with Crippen LogP contribution in [-0.4, -0.2) is 10.1 Å². The molecule has 5 nitrogen and oxygen atoms in total. The Bertz CT molecular complexity index is 440. The molecule has 62 valence electrons. The van der Waals surface area contributed by atoms with Crippen LogP contribution in [0.1, 0.15) is 5.56 Å². The van der Waals surface area contributed by atoms with Crippen LogP contribution in [0, 0.1) is 12.1 Å². The molecule has 0 unspecified atom stereocenters. The number of halogens is 1. The predicted molar refractivity (Wildman–Crippen MR) is 40.5 cm³/mol. The third-order valence-corrected chi connectivity index (χ3v) is 1.71. The van der Waals surface area contributed by atoms with Gasteiger partial charge in [-0.2, -0.15) is 4.98 Å². The van der Waals surface area contributed by atoms with E-state index < -0.39 is 0 Å². The Morgan fingerprint density at radius 2 is 2.42 bits per heavy atom. The molecule has 0 bridgehead atoms. The molecule has 0 radical (unpaired) electrons. The third-order valence-electron chi connectivity index (χ3n) is 1.52. The highest BCUT2D eigenvalue weighted by Crippen LogP contribution is 2.14. The van der Waals surface area contributed by atoms with Gasteiger partial charge < -0.3 is 5.21 Å². The first kappa shape index (κ1) is 7.30. The molecule has 2 heterocycles. The molecule has 0 N–H and O–H groups in total. The Hall–Kier alpha value is -1.36. The first-order valence-corrected chi connectivity index (χ1v) is 3.59. The van der Waals surface area contributed by atoms with E-state index >= 15 is 0 Å². The Morgan fingerprint density at radius 3 is 3.17 bits per heavy atom. The highest BCUT2D eigenvalue weighted by molar-refractivity contribution is 6.29. The first-order chi connectivity index (χ1) is 5.68. The minimum absolute atomic E-state index is 0.231. The molecule has 6 heteroatoms. The van der Waals surface area contributed by atoms with E-state index in [0.717, 1.165) is 0 Å². The maximum Gasteiger partial charge on any atom is 0.342 e. The molecule has 2 aromatic heterocycles. The van der Waals surface area contributed by atoms with Gasteiger partial charge in [-0.25, -0.2) is 0 Å². The van der Waals surface area contributed by atoms with Crippen LogP contribution in [-0.2, 0) is 0 Å². The normalized spacial score (nSPS) is 10.8. The number of aryl methyl sites for hydroxylation is 1.